The van der Waals surface area contributed by atoms with Crippen LogP contribution in [0, 0.1) is 0 Å². The minimum atomic E-state index is -2.43. The molecule has 0 spiro atoms. The highest BCUT2D eigenvalue weighted by atomic mass is 19.3. The summed E-state index contributed by atoms with van der Waals surface area (Å²) >= 11 is 0. The fourth-order valence-corrected chi connectivity index (χ4v) is 1.17. The molecule has 0 radical (unpaired) electrons. The van der Waals surface area contributed by atoms with E-state index in [1.807, 2.05) is 5.43 Å². The second-order valence-corrected chi connectivity index (χ2v) is 3.09. The van der Waals surface area contributed by atoms with Crippen LogP contribution in [0.25, 0.3) is 0 Å². The number of nitrogens with zero attached hydrogens (tertiary/aromatic N) is 1. The number of aliphatic hydroxyl groups excluding tert-OH is 1. The quantitative estimate of drug-likeness (QED) is 0.290. The SMILES string of the molecule is NNC(=O)CCCN(CCO)CC(F)F. The molecule has 0 fully saturated rings. The molecular formula is C8H17F2N3O2. The third-order valence-electron chi connectivity index (χ3n) is 1.85. The number of nitrogens with one attached hydrogen (secondary N) is 1. The fraction of sp³-hybridized carbons (Fsp3) is 0.875. The van der Waals surface area contributed by atoms with Gasteiger partial charge in [0.2, 0.25) is 5.91 Å². The lowest BCUT2D eigenvalue weighted by Crippen LogP contribution is -2.34. The Morgan fingerprint density at radius 3 is 2.60 bits per heavy atom. The zero-order valence-electron chi connectivity index (χ0n) is 8.46. The van der Waals surface area contributed by atoms with Gasteiger partial charge in [0.05, 0.1) is 13.2 Å². The van der Waals surface area contributed by atoms with Gasteiger partial charge in [-0.3, -0.25) is 15.1 Å². The number of rotatable bonds is 8. The molecule has 0 rings (SSSR count). The fourth-order valence-electron chi connectivity index (χ4n) is 1.17. The van der Waals surface area contributed by atoms with E-state index in [-0.39, 0.29) is 32.0 Å². The third kappa shape index (κ3) is 8.22. The number of nitrogens with two attached hydrogens (primary N) is 1. The van der Waals surface area contributed by atoms with Gasteiger partial charge < -0.3 is 5.11 Å². The number of hydrogen-bond donors (Lipinski definition) is 3. The molecule has 15 heavy (non-hydrogen) atoms. The number of hydrogen-bond acceptors (Lipinski definition) is 4. The molecule has 0 saturated carbocycles. The second-order valence-electron chi connectivity index (χ2n) is 3.09. The van der Waals surface area contributed by atoms with Crippen LogP contribution >= 0.6 is 0 Å². The minimum absolute atomic E-state index is 0.171. The Hall–Kier alpha value is -0.790. The number of carbonyl (C=O) groups is 1. The van der Waals surface area contributed by atoms with Gasteiger partial charge in [-0.1, -0.05) is 0 Å². The van der Waals surface area contributed by atoms with E-state index in [1.54, 1.807) is 0 Å². The second kappa shape index (κ2) is 8.51. The first kappa shape index (κ1) is 14.2. The number of carbonyl (C=O) groups excluding carboxylic acids is 1. The summed E-state index contributed by atoms with van der Waals surface area (Å²) in [5.74, 6) is 4.53. The Morgan fingerprint density at radius 2 is 2.13 bits per heavy atom. The van der Waals surface area contributed by atoms with E-state index in [0.29, 0.717) is 13.0 Å². The maximum atomic E-state index is 12.0. The molecule has 0 heterocycles. The number of hydrazine groups is 1. The lowest BCUT2D eigenvalue weighted by Gasteiger charge is -2.20. The molecule has 0 aliphatic carbocycles. The first-order valence-electron chi connectivity index (χ1n) is 4.71. The average molecular weight is 225 g/mol. The van der Waals surface area contributed by atoms with Crippen LogP contribution in [-0.4, -0.2) is 48.6 Å². The first-order chi connectivity index (χ1) is 7.10. The number of alkyl halides is 2. The zero-order valence-corrected chi connectivity index (χ0v) is 8.46. The Kier molecular flexibility index (Phi) is 8.06. The largest absolute Gasteiger partial charge is 0.395 e. The highest BCUT2D eigenvalue weighted by Gasteiger charge is 2.11. The Balaban J connectivity index is 3.70. The molecule has 0 aliphatic rings. The summed E-state index contributed by atoms with van der Waals surface area (Å²) < 4.78 is 24.1. The van der Waals surface area contributed by atoms with Crippen LogP contribution in [0.1, 0.15) is 12.8 Å². The van der Waals surface area contributed by atoms with Gasteiger partial charge >= 0.3 is 0 Å². The van der Waals surface area contributed by atoms with E-state index in [2.05, 4.69) is 0 Å². The maximum absolute atomic E-state index is 12.0. The monoisotopic (exact) mass is 225 g/mol. The molecule has 0 aromatic heterocycles. The number of aliphatic hydroxyl groups is 1. The Labute approximate surface area is 87.2 Å². The normalized spacial score (nSPS) is 11.1. The molecule has 0 bridgehead atoms. The van der Waals surface area contributed by atoms with Crippen molar-refractivity contribution in [3.63, 3.8) is 0 Å². The van der Waals surface area contributed by atoms with Crippen molar-refractivity contribution < 1.29 is 18.7 Å². The van der Waals surface area contributed by atoms with E-state index in [1.165, 1.54) is 4.90 Å². The molecule has 0 unspecified atom stereocenters. The minimum Gasteiger partial charge on any atom is -0.395 e. The maximum Gasteiger partial charge on any atom is 0.251 e. The van der Waals surface area contributed by atoms with E-state index >= 15 is 0 Å². The van der Waals surface area contributed by atoms with Gasteiger partial charge in [0.15, 0.2) is 0 Å². The highest BCUT2D eigenvalue weighted by molar-refractivity contribution is 5.75. The molecule has 0 aliphatic heterocycles. The lowest BCUT2D eigenvalue weighted by molar-refractivity contribution is -0.121. The van der Waals surface area contributed by atoms with E-state index in [9.17, 15) is 13.6 Å². The average Bonchev–Trinajstić information content (AvgIpc) is 2.16. The molecule has 5 nitrogen and oxygen atoms in total. The van der Waals surface area contributed by atoms with Crippen molar-refractivity contribution in [1.29, 1.82) is 0 Å². The molecule has 90 valence electrons. The van der Waals surface area contributed by atoms with Gasteiger partial charge in [-0.2, -0.15) is 0 Å². The van der Waals surface area contributed by atoms with Crippen LogP contribution in [0.2, 0.25) is 0 Å². The Bertz CT molecular complexity index is 181. The van der Waals surface area contributed by atoms with Gasteiger partial charge in [0.25, 0.3) is 6.43 Å². The van der Waals surface area contributed by atoms with Crippen molar-refractivity contribution in [2.75, 3.05) is 26.2 Å². The molecule has 7 heteroatoms. The summed E-state index contributed by atoms with van der Waals surface area (Å²) in [5, 5.41) is 8.62. The summed E-state index contributed by atoms with van der Waals surface area (Å²) in [7, 11) is 0. The molecular weight excluding hydrogens is 208 g/mol. The van der Waals surface area contributed by atoms with Crippen molar-refractivity contribution in [3.05, 3.63) is 0 Å². The summed E-state index contributed by atoms with van der Waals surface area (Å²) in [5.41, 5.74) is 1.96. The lowest BCUT2D eigenvalue weighted by atomic mass is 10.3. The van der Waals surface area contributed by atoms with Crippen LogP contribution in [0.15, 0.2) is 0 Å². The Morgan fingerprint density at radius 1 is 1.47 bits per heavy atom. The van der Waals surface area contributed by atoms with Crippen molar-refractivity contribution >= 4 is 5.91 Å². The smallest absolute Gasteiger partial charge is 0.251 e. The summed E-state index contributed by atoms with van der Waals surface area (Å²) in [6.45, 7) is -0.0203. The van der Waals surface area contributed by atoms with Crippen LogP contribution in [0.5, 0.6) is 0 Å². The van der Waals surface area contributed by atoms with Crippen molar-refractivity contribution in [1.82, 2.24) is 10.3 Å². The zero-order chi connectivity index (χ0) is 11.7. The standard InChI is InChI=1S/C8H17F2N3O2/c9-7(10)6-13(4-5-14)3-1-2-8(15)12-11/h7,14H,1-6,11H2,(H,12,15). The van der Waals surface area contributed by atoms with E-state index in [4.69, 9.17) is 10.9 Å². The third-order valence-corrected chi connectivity index (χ3v) is 1.85. The van der Waals surface area contributed by atoms with Crippen molar-refractivity contribution in [3.8, 4) is 0 Å². The van der Waals surface area contributed by atoms with Crippen LogP contribution in [0.3, 0.4) is 0 Å². The van der Waals surface area contributed by atoms with Crippen LogP contribution < -0.4 is 11.3 Å². The van der Waals surface area contributed by atoms with Gasteiger partial charge in [-0.05, 0) is 13.0 Å². The van der Waals surface area contributed by atoms with Crippen LogP contribution in [-0.2, 0) is 4.79 Å². The molecule has 0 atom stereocenters. The van der Waals surface area contributed by atoms with Crippen molar-refractivity contribution in [2.24, 2.45) is 5.84 Å². The predicted molar refractivity (Wildman–Crippen MR) is 51.1 cm³/mol. The van der Waals surface area contributed by atoms with Crippen molar-refractivity contribution in [2.45, 2.75) is 19.3 Å². The molecule has 4 N–H and O–H groups in total. The summed E-state index contributed by atoms with van der Waals surface area (Å²) in [4.78, 5) is 12.1. The molecule has 0 aromatic rings. The number of amides is 1. The predicted octanol–water partition coefficient (Wildman–Crippen LogP) is -0.684. The molecule has 0 aromatic carbocycles. The summed E-state index contributed by atoms with van der Waals surface area (Å²) in [6.07, 6.45) is -1.79. The van der Waals surface area contributed by atoms with Gasteiger partial charge in [-0.15, -0.1) is 0 Å². The first-order valence-corrected chi connectivity index (χ1v) is 4.71. The van der Waals surface area contributed by atoms with Crippen LogP contribution in [0.4, 0.5) is 8.78 Å². The van der Waals surface area contributed by atoms with Gasteiger partial charge in [0, 0.05) is 13.0 Å². The molecule has 0 saturated heterocycles. The van der Waals surface area contributed by atoms with Gasteiger partial charge in [-0.25, -0.2) is 14.6 Å². The van der Waals surface area contributed by atoms with E-state index in [0.717, 1.165) is 0 Å². The van der Waals surface area contributed by atoms with E-state index < -0.39 is 6.43 Å². The highest BCUT2D eigenvalue weighted by Crippen LogP contribution is 2.00. The topological polar surface area (TPSA) is 78.6 Å². The molecule has 1 amide bonds. The van der Waals surface area contributed by atoms with Gasteiger partial charge in [0.1, 0.15) is 0 Å². The summed E-state index contributed by atoms with van der Waals surface area (Å²) in [6, 6.07) is 0. The number of halogens is 2.